The Hall–Kier alpha value is -1.22. The summed E-state index contributed by atoms with van der Waals surface area (Å²) in [6.45, 7) is 0.819. The van der Waals surface area contributed by atoms with Gasteiger partial charge < -0.3 is 14.2 Å². The van der Waals surface area contributed by atoms with Crippen LogP contribution in [0.4, 0.5) is 0 Å². The lowest BCUT2D eigenvalue weighted by atomic mass is 9.97. The minimum Gasteiger partial charge on any atom is -0.496 e. The van der Waals surface area contributed by atoms with E-state index in [4.69, 9.17) is 14.2 Å². The topological polar surface area (TPSA) is 27.7 Å². The number of fused-ring (bicyclic) bond motifs is 1. The van der Waals surface area contributed by atoms with Crippen LogP contribution >= 0.6 is 0 Å². The first kappa shape index (κ1) is 9.97. The van der Waals surface area contributed by atoms with Crippen molar-refractivity contribution in [2.24, 2.45) is 0 Å². The van der Waals surface area contributed by atoms with E-state index in [1.807, 2.05) is 18.2 Å². The van der Waals surface area contributed by atoms with Crippen LogP contribution < -0.4 is 9.47 Å². The van der Waals surface area contributed by atoms with E-state index in [0.717, 1.165) is 43.8 Å². The minimum absolute atomic E-state index is 0.348. The molecule has 0 aromatic heterocycles. The third-order valence-corrected chi connectivity index (χ3v) is 3.43. The molecule has 3 nitrogen and oxygen atoms in total. The maximum atomic E-state index is 6.02. The molecule has 1 aromatic carbocycles. The summed E-state index contributed by atoms with van der Waals surface area (Å²) in [6, 6.07) is 5.95. The van der Waals surface area contributed by atoms with Crippen molar-refractivity contribution >= 4 is 0 Å². The highest BCUT2D eigenvalue weighted by molar-refractivity contribution is 5.46. The first-order chi connectivity index (χ1) is 7.83. The van der Waals surface area contributed by atoms with Crippen LogP contribution in [0.1, 0.15) is 24.8 Å². The second kappa shape index (κ2) is 3.67. The van der Waals surface area contributed by atoms with Gasteiger partial charge in [-0.25, -0.2) is 0 Å². The molecule has 2 aliphatic heterocycles. The van der Waals surface area contributed by atoms with E-state index in [9.17, 15) is 0 Å². The zero-order valence-corrected chi connectivity index (χ0v) is 9.49. The fourth-order valence-corrected chi connectivity index (χ4v) is 2.60. The minimum atomic E-state index is -0.348. The van der Waals surface area contributed by atoms with Gasteiger partial charge in [-0.3, -0.25) is 0 Å². The predicted octanol–water partition coefficient (Wildman–Crippen LogP) is 2.53. The highest BCUT2D eigenvalue weighted by atomic mass is 16.7. The second-order valence-electron chi connectivity index (χ2n) is 4.40. The molecule has 2 aliphatic rings. The highest BCUT2D eigenvalue weighted by Crippen LogP contribution is 2.42. The van der Waals surface area contributed by atoms with E-state index in [1.165, 1.54) is 5.56 Å². The van der Waals surface area contributed by atoms with Crippen molar-refractivity contribution in [1.82, 2.24) is 0 Å². The Kier molecular flexibility index (Phi) is 2.28. The molecule has 16 heavy (non-hydrogen) atoms. The van der Waals surface area contributed by atoms with Crippen LogP contribution in [0.3, 0.4) is 0 Å². The average Bonchev–Trinajstić information content (AvgIpc) is 2.76. The molecule has 86 valence electrons. The third-order valence-electron chi connectivity index (χ3n) is 3.43. The van der Waals surface area contributed by atoms with Crippen LogP contribution in [0.5, 0.6) is 11.5 Å². The molecule has 0 bridgehead atoms. The monoisotopic (exact) mass is 220 g/mol. The molecule has 1 fully saturated rings. The molecule has 1 spiro atoms. The molecule has 1 aromatic rings. The van der Waals surface area contributed by atoms with Gasteiger partial charge in [-0.1, -0.05) is 6.07 Å². The first-order valence-corrected chi connectivity index (χ1v) is 5.82. The van der Waals surface area contributed by atoms with Gasteiger partial charge in [0.05, 0.1) is 13.7 Å². The molecule has 3 rings (SSSR count). The number of methoxy groups -OCH3 is 1. The van der Waals surface area contributed by atoms with Crippen molar-refractivity contribution in [1.29, 1.82) is 0 Å². The van der Waals surface area contributed by atoms with E-state index in [-0.39, 0.29) is 5.79 Å². The van der Waals surface area contributed by atoms with Gasteiger partial charge in [0.25, 0.3) is 0 Å². The zero-order valence-electron chi connectivity index (χ0n) is 9.49. The van der Waals surface area contributed by atoms with Crippen LogP contribution in [0.15, 0.2) is 18.2 Å². The highest BCUT2D eigenvalue weighted by Gasteiger charge is 2.41. The van der Waals surface area contributed by atoms with Crippen molar-refractivity contribution in [3.05, 3.63) is 23.8 Å². The van der Waals surface area contributed by atoms with Gasteiger partial charge in [-0.05, 0) is 25.0 Å². The number of rotatable bonds is 1. The molecule has 1 saturated heterocycles. The molecule has 1 atom stereocenters. The summed E-state index contributed by atoms with van der Waals surface area (Å²) in [5.74, 6) is 1.50. The lowest BCUT2D eigenvalue weighted by Crippen LogP contribution is -2.38. The fourth-order valence-electron chi connectivity index (χ4n) is 2.60. The van der Waals surface area contributed by atoms with Gasteiger partial charge in [0.2, 0.25) is 5.79 Å². The van der Waals surface area contributed by atoms with Gasteiger partial charge in [0.15, 0.2) is 0 Å². The molecule has 0 radical (unpaired) electrons. The van der Waals surface area contributed by atoms with Crippen molar-refractivity contribution in [3.63, 3.8) is 0 Å². The molecule has 0 saturated carbocycles. The largest absolute Gasteiger partial charge is 0.496 e. The van der Waals surface area contributed by atoms with Crippen LogP contribution in [-0.2, 0) is 11.2 Å². The molecular formula is C13H16O3. The normalized spacial score (nSPS) is 27.6. The lowest BCUT2D eigenvalue weighted by Gasteiger charge is -2.34. The zero-order chi connectivity index (χ0) is 11.0. The van der Waals surface area contributed by atoms with Crippen molar-refractivity contribution in [2.45, 2.75) is 31.5 Å². The standard InChI is InChI=1S/C13H16O3/c1-14-11-4-2-5-12-10(11)6-8-13(16-12)7-3-9-15-13/h2,4-5H,3,6-9H2,1H3/t13-/m1/s1. The number of hydrogen-bond donors (Lipinski definition) is 0. The van der Waals surface area contributed by atoms with Crippen LogP contribution in [0.2, 0.25) is 0 Å². The third kappa shape index (κ3) is 1.47. The molecule has 0 N–H and O–H groups in total. The Morgan fingerprint density at radius 3 is 3.00 bits per heavy atom. The van der Waals surface area contributed by atoms with E-state index in [2.05, 4.69) is 0 Å². The summed E-state index contributed by atoms with van der Waals surface area (Å²) in [4.78, 5) is 0. The second-order valence-corrected chi connectivity index (χ2v) is 4.40. The summed E-state index contributed by atoms with van der Waals surface area (Å²) in [6.07, 6.45) is 4.00. The SMILES string of the molecule is COc1cccc2c1CC[C@@]1(CCCO1)O2. The Labute approximate surface area is 95.3 Å². The van der Waals surface area contributed by atoms with Crippen molar-refractivity contribution < 1.29 is 14.2 Å². The van der Waals surface area contributed by atoms with Gasteiger partial charge in [0, 0.05) is 18.4 Å². The van der Waals surface area contributed by atoms with E-state index in [1.54, 1.807) is 7.11 Å². The van der Waals surface area contributed by atoms with Crippen LogP contribution in [0.25, 0.3) is 0 Å². The molecule has 0 aliphatic carbocycles. The Balaban J connectivity index is 1.94. The predicted molar refractivity (Wildman–Crippen MR) is 59.9 cm³/mol. The van der Waals surface area contributed by atoms with Crippen LogP contribution in [0, 0.1) is 0 Å². The number of hydrogen-bond acceptors (Lipinski definition) is 3. The molecule has 0 unspecified atom stereocenters. The van der Waals surface area contributed by atoms with E-state index < -0.39 is 0 Å². The van der Waals surface area contributed by atoms with Crippen molar-refractivity contribution in [2.75, 3.05) is 13.7 Å². The number of benzene rings is 1. The van der Waals surface area contributed by atoms with Crippen molar-refractivity contribution in [3.8, 4) is 11.5 Å². The Morgan fingerprint density at radius 1 is 1.31 bits per heavy atom. The Bertz CT molecular complexity index is 394. The molecular weight excluding hydrogens is 204 g/mol. The first-order valence-electron chi connectivity index (χ1n) is 5.82. The maximum absolute atomic E-state index is 6.02. The van der Waals surface area contributed by atoms with E-state index in [0.29, 0.717) is 0 Å². The van der Waals surface area contributed by atoms with Crippen LogP contribution in [-0.4, -0.2) is 19.5 Å². The smallest absolute Gasteiger partial charge is 0.210 e. The van der Waals surface area contributed by atoms with Gasteiger partial charge >= 0.3 is 0 Å². The molecule has 0 amide bonds. The fraction of sp³-hybridized carbons (Fsp3) is 0.538. The molecule has 2 heterocycles. The quantitative estimate of drug-likeness (QED) is 0.728. The average molecular weight is 220 g/mol. The molecule has 3 heteroatoms. The van der Waals surface area contributed by atoms with Gasteiger partial charge in [0.1, 0.15) is 11.5 Å². The maximum Gasteiger partial charge on any atom is 0.210 e. The summed E-state index contributed by atoms with van der Waals surface area (Å²) in [7, 11) is 1.70. The lowest BCUT2D eigenvalue weighted by molar-refractivity contribution is -0.160. The summed E-state index contributed by atoms with van der Waals surface area (Å²) < 4.78 is 17.1. The number of ether oxygens (including phenoxy) is 3. The Morgan fingerprint density at radius 2 is 2.25 bits per heavy atom. The van der Waals surface area contributed by atoms with Gasteiger partial charge in [-0.2, -0.15) is 0 Å². The summed E-state index contributed by atoms with van der Waals surface area (Å²) in [5, 5.41) is 0. The summed E-state index contributed by atoms with van der Waals surface area (Å²) in [5.41, 5.74) is 1.17. The summed E-state index contributed by atoms with van der Waals surface area (Å²) >= 11 is 0. The van der Waals surface area contributed by atoms with E-state index >= 15 is 0 Å². The van der Waals surface area contributed by atoms with Gasteiger partial charge in [-0.15, -0.1) is 0 Å².